The minimum absolute atomic E-state index is 0. The van der Waals surface area contributed by atoms with Crippen LogP contribution in [0.2, 0.25) is 0 Å². The standard InChI is InChI=1S/C18H20N2O2.ClH/c19-17(11-13-5-7-16(21)8-6-13)18(22)20-10-9-14-3-1-2-4-15(14)12-20;/h1-8,17,21H,9-12,19H2;1H/t17-;/m1./s1. The van der Waals surface area contributed by atoms with Crippen molar-refractivity contribution in [2.75, 3.05) is 6.54 Å². The predicted octanol–water partition coefficient (Wildman–Crippen LogP) is 2.27. The molecule has 1 aliphatic heterocycles. The minimum Gasteiger partial charge on any atom is -0.508 e. The number of rotatable bonds is 3. The van der Waals surface area contributed by atoms with Gasteiger partial charge in [0.25, 0.3) is 0 Å². The number of hydrogen-bond acceptors (Lipinski definition) is 3. The van der Waals surface area contributed by atoms with Crippen molar-refractivity contribution in [2.24, 2.45) is 5.73 Å². The first-order valence-electron chi connectivity index (χ1n) is 7.52. The maximum atomic E-state index is 12.5. The number of fused-ring (bicyclic) bond motifs is 1. The van der Waals surface area contributed by atoms with Gasteiger partial charge < -0.3 is 15.7 Å². The summed E-state index contributed by atoms with van der Waals surface area (Å²) in [6.07, 6.45) is 1.37. The van der Waals surface area contributed by atoms with E-state index in [4.69, 9.17) is 5.73 Å². The van der Waals surface area contributed by atoms with E-state index in [1.54, 1.807) is 24.3 Å². The third-order valence-corrected chi connectivity index (χ3v) is 4.15. The summed E-state index contributed by atoms with van der Waals surface area (Å²) < 4.78 is 0. The molecule has 0 aromatic heterocycles. The molecular weight excluding hydrogens is 312 g/mol. The van der Waals surface area contributed by atoms with Gasteiger partial charge in [-0.25, -0.2) is 0 Å². The number of aromatic hydroxyl groups is 1. The van der Waals surface area contributed by atoms with Crippen molar-refractivity contribution >= 4 is 18.3 Å². The Morgan fingerprint density at radius 1 is 1.13 bits per heavy atom. The number of amides is 1. The van der Waals surface area contributed by atoms with E-state index >= 15 is 0 Å². The molecular formula is C18H21ClN2O2. The first kappa shape index (κ1) is 17.3. The van der Waals surface area contributed by atoms with E-state index in [2.05, 4.69) is 12.1 Å². The summed E-state index contributed by atoms with van der Waals surface area (Å²) in [5.74, 6) is 0.207. The van der Waals surface area contributed by atoms with Crippen LogP contribution in [0.5, 0.6) is 5.75 Å². The molecule has 0 aliphatic carbocycles. The minimum atomic E-state index is -0.546. The Labute approximate surface area is 142 Å². The average Bonchev–Trinajstić information content (AvgIpc) is 2.55. The number of hydrogen-bond donors (Lipinski definition) is 2. The highest BCUT2D eigenvalue weighted by molar-refractivity contribution is 5.85. The molecule has 3 rings (SSSR count). The van der Waals surface area contributed by atoms with Crippen molar-refractivity contribution in [3.8, 4) is 5.75 Å². The van der Waals surface area contributed by atoms with E-state index in [0.717, 1.165) is 18.5 Å². The van der Waals surface area contributed by atoms with Gasteiger partial charge in [0.2, 0.25) is 5.91 Å². The van der Waals surface area contributed by atoms with Gasteiger partial charge in [-0.3, -0.25) is 4.79 Å². The fraction of sp³-hybridized carbons (Fsp3) is 0.278. The van der Waals surface area contributed by atoms with Gasteiger partial charge in [-0.15, -0.1) is 12.4 Å². The number of nitrogens with two attached hydrogens (primary N) is 1. The number of benzene rings is 2. The fourth-order valence-electron chi connectivity index (χ4n) is 2.89. The molecule has 0 fully saturated rings. The van der Waals surface area contributed by atoms with Crippen LogP contribution in [0.3, 0.4) is 0 Å². The van der Waals surface area contributed by atoms with E-state index in [1.807, 2.05) is 17.0 Å². The topological polar surface area (TPSA) is 66.6 Å². The van der Waals surface area contributed by atoms with Crippen molar-refractivity contribution in [3.63, 3.8) is 0 Å². The molecule has 0 saturated carbocycles. The second-order valence-electron chi connectivity index (χ2n) is 5.76. The lowest BCUT2D eigenvalue weighted by molar-refractivity contribution is -0.133. The highest BCUT2D eigenvalue weighted by atomic mass is 35.5. The molecule has 4 nitrogen and oxygen atoms in total. The van der Waals surface area contributed by atoms with Gasteiger partial charge in [0, 0.05) is 13.1 Å². The molecule has 0 saturated heterocycles. The van der Waals surface area contributed by atoms with E-state index in [1.165, 1.54) is 11.1 Å². The highest BCUT2D eigenvalue weighted by Gasteiger charge is 2.24. The molecule has 0 radical (unpaired) electrons. The normalized spacial score (nSPS) is 14.6. The van der Waals surface area contributed by atoms with Crippen molar-refractivity contribution in [1.29, 1.82) is 0 Å². The number of phenols is 1. The van der Waals surface area contributed by atoms with E-state index in [9.17, 15) is 9.90 Å². The fourth-order valence-corrected chi connectivity index (χ4v) is 2.89. The Kier molecular flexibility index (Phi) is 5.64. The van der Waals surface area contributed by atoms with Crippen LogP contribution in [-0.2, 0) is 24.2 Å². The number of carbonyl (C=O) groups excluding carboxylic acids is 1. The van der Waals surface area contributed by atoms with Crippen molar-refractivity contribution in [1.82, 2.24) is 4.90 Å². The summed E-state index contributed by atoms with van der Waals surface area (Å²) in [5, 5.41) is 9.29. The molecule has 0 bridgehead atoms. The highest BCUT2D eigenvalue weighted by Crippen LogP contribution is 2.19. The molecule has 2 aromatic rings. The van der Waals surface area contributed by atoms with E-state index in [0.29, 0.717) is 13.0 Å². The molecule has 0 unspecified atom stereocenters. The van der Waals surface area contributed by atoms with Crippen LogP contribution in [-0.4, -0.2) is 28.5 Å². The SMILES string of the molecule is Cl.N[C@H](Cc1ccc(O)cc1)C(=O)N1CCc2ccccc2C1. The van der Waals surface area contributed by atoms with Crippen LogP contribution >= 0.6 is 12.4 Å². The van der Waals surface area contributed by atoms with E-state index < -0.39 is 6.04 Å². The maximum Gasteiger partial charge on any atom is 0.240 e. The largest absolute Gasteiger partial charge is 0.508 e. The van der Waals surface area contributed by atoms with Crippen LogP contribution in [0.1, 0.15) is 16.7 Å². The van der Waals surface area contributed by atoms with Crippen LogP contribution in [0, 0.1) is 0 Å². The predicted molar refractivity (Wildman–Crippen MR) is 92.6 cm³/mol. The van der Waals surface area contributed by atoms with Gasteiger partial charge in [-0.1, -0.05) is 36.4 Å². The first-order chi connectivity index (χ1) is 10.6. The zero-order valence-electron chi connectivity index (χ0n) is 12.8. The van der Waals surface area contributed by atoms with Crippen LogP contribution in [0.4, 0.5) is 0 Å². The van der Waals surface area contributed by atoms with Gasteiger partial charge in [0.05, 0.1) is 6.04 Å². The Morgan fingerprint density at radius 3 is 2.48 bits per heavy atom. The van der Waals surface area contributed by atoms with Crippen LogP contribution in [0.15, 0.2) is 48.5 Å². The lowest BCUT2D eigenvalue weighted by Crippen LogP contribution is -2.46. The molecule has 122 valence electrons. The molecule has 0 spiro atoms. The lowest BCUT2D eigenvalue weighted by atomic mass is 9.98. The van der Waals surface area contributed by atoms with Crippen LogP contribution in [0.25, 0.3) is 0 Å². The second-order valence-corrected chi connectivity index (χ2v) is 5.76. The van der Waals surface area contributed by atoms with Gasteiger partial charge in [0.15, 0.2) is 0 Å². The Morgan fingerprint density at radius 2 is 1.78 bits per heavy atom. The van der Waals surface area contributed by atoms with Gasteiger partial charge in [-0.2, -0.15) is 0 Å². The summed E-state index contributed by atoms with van der Waals surface area (Å²) in [5.41, 5.74) is 9.56. The van der Waals surface area contributed by atoms with Gasteiger partial charge >= 0.3 is 0 Å². The first-order valence-corrected chi connectivity index (χ1v) is 7.52. The Hall–Kier alpha value is -2.04. The zero-order chi connectivity index (χ0) is 15.5. The van der Waals surface area contributed by atoms with Crippen molar-refractivity contribution < 1.29 is 9.90 Å². The molecule has 1 aliphatic rings. The summed E-state index contributed by atoms with van der Waals surface area (Å²) in [6.45, 7) is 1.36. The van der Waals surface area contributed by atoms with Crippen LogP contribution < -0.4 is 5.73 Å². The molecule has 2 aromatic carbocycles. The number of carbonyl (C=O) groups is 1. The summed E-state index contributed by atoms with van der Waals surface area (Å²) in [4.78, 5) is 14.4. The Bertz CT molecular complexity index is 673. The summed E-state index contributed by atoms with van der Waals surface area (Å²) in [6, 6.07) is 14.5. The molecule has 3 N–H and O–H groups in total. The number of phenolic OH excluding ortho intramolecular Hbond substituents is 1. The maximum absolute atomic E-state index is 12.5. The molecule has 5 heteroatoms. The third kappa shape index (κ3) is 4.03. The van der Waals surface area contributed by atoms with Crippen molar-refractivity contribution in [2.45, 2.75) is 25.4 Å². The average molecular weight is 333 g/mol. The lowest BCUT2D eigenvalue weighted by Gasteiger charge is -2.30. The third-order valence-electron chi connectivity index (χ3n) is 4.15. The summed E-state index contributed by atoms with van der Waals surface area (Å²) >= 11 is 0. The smallest absolute Gasteiger partial charge is 0.240 e. The quantitative estimate of drug-likeness (QED) is 0.906. The van der Waals surface area contributed by atoms with Gasteiger partial charge in [0.1, 0.15) is 5.75 Å². The molecule has 1 atom stereocenters. The number of halogens is 1. The second kappa shape index (κ2) is 7.49. The molecule has 1 heterocycles. The van der Waals surface area contributed by atoms with Gasteiger partial charge in [-0.05, 0) is 41.7 Å². The number of nitrogens with zero attached hydrogens (tertiary/aromatic N) is 1. The Balaban J connectivity index is 0.00000192. The summed E-state index contributed by atoms with van der Waals surface area (Å²) in [7, 11) is 0. The van der Waals surface area contributed by atoms with Crippen molar-refractivity contribution in [3.05, 3.63) is 65.2 Å². The molecule has 23 heavy (non-hydrogen) atoms. The molecule has 1 amide bonds. The monoisotopic (exact) mass is 332 g/mol. The zero-order valence-corrected chi connectivity index (χ0v) is 13.6. The van der Waals surface area contributed by atoms with E-state index in [-0.39, 0.29) is 24.1 Å².